The SMILES string of the molecule is CCN(CC)C(=O)N1CCN(CCCc2nc3c(c(=O)n(C)c(=O)n3CC(C)C)n2C)CC1. The van der Waals surface area contributed by atoms with Gasteiger partial charge in [0.25, 0.3) is 5.56 Å². The highest BCUT2D eigenvalue weighted by Crippen LogP contribution is 2.14. The van der Waals surface area contributed by atoms with Gasteiger partial charge in [-0.2, -0.15) is 0 Å². The number of hydrogen-bond acceptors (Lipinski definition) is 5. The standard InChI is InChI=1S/C23H39N7O3/c1-7-28(8-2)23(33)29-14-12-27(13-15-29)11-9-10-18-24-20-19(25(18)5)21(31)26(6)22(32)30(20)16-17(3)4/h17H,7-16H2,1-6H3. The van der Waals surface area contributed by atoms with Crippen LogP contribution < -0.4 is 11.2 Å². The number of rotatable bonds is 8. The Morgan fingerprint density at radius 3 is 2.24 bits per heavy atom. The number of fused-ring (bicyclic) bond motifs is 1. The Balaban J connectivity index is 1.65. The van der Waals surface area contributed by atoms with E-state index < -0.39 is 0 Å². The van der Waals surface area contributed by atoms with Crippen molar-refractivity contribution in [2.75, 3.05) is 45.8 Å². The molecule has 1 saturated heterocycles. The highest BCUT2D eigenvalue weighted by molar-refractivity contribution is 5.74. The fourth-order valence-corrected chi connectivity index (χ4v) is 4.54. The van der Waals surface area contributed by atoms with Crippen LogP contribution in [0.1, 0.15) is 39.9 Å². The molecule has 1 fully saturated rings. The number of imidazole rings is 1. The van der Waals surface area contributed by atoms with Crippen LogP contribution in [-0.2, 0) is 27.1 Å². The molecule has 0 aromatic carbocycles. The molecule has 2 aromatic rings. The Hall–Kier alpha value is -2.62. The second-order valence-electron chi connectivity index (χ2n) is 9.30. The van der Waals surface area contributed by atoms with E-state index in [0.29, 0.717) is 17.7 Å². The number of amides is 2. The van der Waals surface area contributed by atoms with Gasteiger partial charge in [0.1, 0.15) is 5.82 Å². The molecule has 10 nitrogen and oxygen atoms in total. The molecule has 0 saturated carbocycles. The molecule has 0 atom stereocenters. The van der Waals surface area contributed by atoms with Gasteiger partial charge in [-0.25, -0.2) is 14.6 Å². The first kappa shape index (κ1) is 25.0. The third-order valence-electron chi connectivity index (χ3n) is 6.55. The van der Waals surface area contributed by atoms with Crippen LogP contribution in [0.25, 0.3) is 11.2 Å². The Morgan fingerprint density at radius 1 is 1.03 bits per heavy atom. The molecule has 0 N–H and O–H groups in total. The minimum Gasteiger partial charge on any atom is -0.325 e. The molecule has 3 rings (SSSR count). The molecular weight excluding hydrogens is 422 g/mol. The van der Waals surface area contributed by atoms with Crippen molar-refractivity contribution in [2.24, 2.45) is 20.0 Å². The summed E-state index contributed by atoms with van der Waals surface area (Å²) in [7, 11) is 3.38. The minimum absolute atomic E-state index is 0.133. The van der Waals surface area contributed by atoms with Crippen LogP contribution >= 0.6 is 0 Å². The first-order valence-electron chi connectivity index (χ1n) is 12.1. The van der Waals surface area contributed by atoms with Crippen LogP contribution in [-0.4, -0.2) is 85.2 Å². The molecular formula is C23H39N7O3. The first-order chi connectivity index (χ1) is 15.7. The normalized spacial score (nSPS) is 15.1. The van der Waals surface area contributed by atoms with E-state index in [1.165, 1.54) is 11.6 Å². The van der Waals surface area contributed by atoms with E-state index in [1.54, 1.807) is 4.57 Å². The Kier molecular flexibility index (Phi) is 7.99. The lowest BCUT2D eigenvalue weighted by molar-refractivity contribution is 0.114. The van der Waals surface area contributed by atoms with Crippen LogP contribution in [0.3, 0.4) is 0 Å². The third-order valence-corrected chi connectivity index (χ3v) is 6.55. The molecule has 184 valence electrons. The van der Waals surface area contributed by atoms with E-state index >= 15 is 0 Å². The van der Waals surface area contributed by atoms with Gasteiger partial charge in [-0.3, -0.25) is 18.8 Å². The van der Waals surface area contributed by atoms with Gasteiger partial charge in [0.2, 0.25) is 0 Å². The van der Waals surface area contributed by atoms with E-state index in [0.717, 1.165) is 64.5 Å². The van der Waals surface area contributed by atoms with Crippen LogP contribution in [0.5, 0.6) is 0 Å². The maximum Gasteiger partial charge on any atom is 0.332 e. The lowest BCUT2D eigenvalue weighted by atomic mass is 10.2. The van der Waals surface area contributed by atoms with Crippen molar-refractivity contribution in [3.63, 3.8) is 0 Å². The fraction of sp³-hybridized carbons (Fsp3) is 0.739. The summed E-state index contributed by atoms with van der Waals surface area (Å²) >= 11 is 0. The summed E-state index contributed by atoms with van der Waals surface area (Å²) in [6.45, 7) is 14.2. The second kappa shape index (κ2) is 10.5. The zero-order valence-corrected chi connectivity index (χ0v) is 21.0. The number of aromatic nitrogens is 4. The van der Waals surface area contributed by atoms with Gasteiger partial charge in [-0.05, 0) is 32.7 Å². The third kappa shape index (κ3) is 5.15. The zero-order chi connectivity index (χ0) is 24.3. The summed E-state index contributed by atoms with van der Waals surface area (Å²) < 4.78 is 4.64. The van der Waals surface area contributed by atoms with Crippen molar-refractivity contribution >= 4 is 17.2 Å². The van der Waals surface area contributed by atoms with Gasteiger partial charge in [-0.1, -0.05) is 13.8 Å². The average molecular weight is 462 g/mol. The summed E-state index contributed by atoms with van der Waals surface area (Å²) in [5.74, 6) is 1.08. The predicted molar refractivity (Wildman–Crippen MR) is 130 cm³/mol. The molecule has 1 aliphatic rings. The number of aryl methyl sites for hydroxylation is 2. The predicted octanol–water partition coefficient (Wildman–Crippen LogP) is 1.10. The Bertz CT molecular complexity index is 1090. The molecule has 0 spiro atoms. The maximum absolute atomic E-state index is 12.8. The van der Waals surface area contributed by atoms with E-state index in [2.05, 4.69) is 4.90 Å². The fourth-order valence-electron chi connectivity index (χ4n) is 4.54. The van der Waals surface area contributed by atoms with E-state index in [4.69, 9.17) is 4.98 Å². The quantitative estimate of drug-likeness (QED) is 0.587. The molecule has 33 heavy (non-hydrogen) atoms. The molecule has 0 radical (unpaired) electrons. The highest BCUT2D eigenvalue weighted by Gasteiger charge is 2.24. The monoisotopic (exact) mass is 461 g/mol. The van der Waals surface area contributed by atoms with Crippen LogP contribution in [0.15, 0.2) is 9.59 Å². The molecule has 10 heteroatoms. The van der Waals surface area contributed by atoms with Crippen molar-refractivity contribution in [3.05, 3.63) is 26.7 Å². The second-order valence-corrected chi connectivity index (χ2v) is 9.30. The number of urea groups is 1. The summed E-state index contributed by atoms with van der Waals surface area (Å²) in [5.41, 5.74) is 0.349. The largest absolute Gasteiger partial charge is 0.332 e. The molecule has 0 aliphatic carbocycles. The highest BCUT2D eigenvalue weighted by atomic mass is 16.2. The van der Waals surface area contributed by atoms with E-state index in [-0.39, 0.29) is 23.2 Å². The Morgan fingerprint density at radius 2 is 1.67 bits per heavy atom. The van der Waals surface area contributed by atoms with Gasteiger partial charge < -0.3 is 14.4 Å². The van der Waals surface area contributed by atoms with Crippen LogP contribution in [0.4, 0.5) is 4.79 Å². The van der Waals surface area contributed by atoms with Crippen LogP contribution in [0.2, 0.25) is 0 Å². The zero-order valence-electron chi connectivity index (χ0n) is 21.0. The van der Waals surface area contributed by atoms with Gasteiger partial charge >= 0.3 is 11.7 Å². The van der Waals surface area contributed by atoms with Gasteiger partial charge in [-0.15, -0.1) is 0 Å². The first-order valence-corrected chi connectivity index (χ1v) is 12.1. The number of hydrogen-bond donors (Lipinski definition) is 0. The molecule has 2 aromatic heterocycles. The van der Waals surface area contributed by atoms with Gasteiger partial charge in [0.05, 0.1) is 0 Å². The van der Waals surface area contributed by atoms with Crippen molar-refractivity contribution in [3.8, 4) is 0 Å². The topological polar surface area (TPSA) is 88.6 Å². The molecule has 3 heterocycles. The lowest BCUT2D eigenvalue weighted by Gasteiger charge is -2.37. The van der Waals surface area contributed by atoms with Crippen molar-refractivity contribution in [2.45, 2.75) is 47.1 Å². The van der Waals surface area contributed by atoms with Crippen molar-refractivity contribution in [1.82, 2.24) is 33.4 Å². The van der Waals surface area contributed by atoms with Gasteiger partial charge in [0, 0.05) is 66.3 Å². The Labute approximate surface area is 195 Å². The van der Waals surface area contributed by atoms with Crippen molar-refractivity contribution < 1.29 is 4.79 Å². The molecule has 1 aliphatic heterocycles. The number of carbonyl (C=O) groups excluding carboxylic acids is 1. The maximum atomic E-state index is 12.8. The summed E-state index contributed by atoms with van der Waals surface area (Å²) in [4.78, 5) is 48.9. The number of piperazine rings is 1. The van der Waals surface area contributed by atoms with E-state index in [9.17, 15) is 14.4 Å². The number of nitrogens with zero attached hydrogens (tertiary/aromatic N) is 7. The minimum atomic E-state index is -0.317. The van der Waals surface area contributed by atoms with Crippen molar-refractivity contribution in [1.29, 1.82) is 0 Å². The lowest BCUT2D eigenvalue weighted by Crippen LogP contribution is -2.52. The summed E-state index contributed by atoms with van der Waals surface area (Å²) in [6.07, 6.45) is 1.62. The molecule has 0 unspecified atom stereocenters. The molecule has 0 bridgehead atoms. The van der Waals surface area contributed by atoms with Crippen LogP contribution in [0, 0.1) is 5.92 Å². The van der Waals surface area contributed by atoms with E-state index in [1.807, 2.05) is 49.1 Å². The molecule has 2 amide bonds. The van der Waals surface area contributed by atoms with Gasteiger partial charge in [0.15, 0.2) is 11.2 Å². The number of carbonyl (C=O) groups is 1. The summed E-state index contributed by atoms with van der Waals surface area (Å²) in [5, 5.41) is 0. The summed E-state index contributed by atoms with van der Waals surface area (Å²) in [6, 6.07) is 0.133. The smallest absolute Gasteiger partial charge is 0.325 e. The average Bonchev–Trinajstić information content (AvgIpc) is 3.12.